The van der Waals surface area contributed by atoms with E-state index in [1.165, 1.54) is 38.5 Å². The van der Waals surface area contributed by atoms with Gasteiger partial charge in [0.2, 0.25) is 0 Å². The number of carbonyl (C=O) groups excluding carboxylic acids is 2. The fourth-order valence-corrected chi connectivity index (χ4v) is 2.73. The average Bonchev–Trinajstić information content (AvgIpc) is 2.64. The van der Waals surface area contributed by atoms with Crippen molar-refractivity contribution in [3.8, 4) is 0 Å². The second kappa shape index (κ2) is 18.7. The summed E-state index contributed by atoms with van der Waals surface area (Å²) in [4.78, 5) is 23.3. The first-order valence-corrected chi connectivity index (χ1v) is 10.6. The molecule has 154 valence electrons. The van der Waals surface area contributed by atoms with Gasteiger partial charge in [-0.1, -0.05) is 78.1 Å². The Morgan fingerprint density at radius 3 is 1.77 bits per heavy atom. The third-order valence-corrected chi connectivity index (χ3v) is 4.40. The smallest absolute Gasteiger partial charge is 0.306 e. The van der Waals surface area contributed by atoms with E-state index in [1.807, 2.05) is 0 Å². The molecule has 0 aliphatic rings. The van der Waals surface area contributed by atoms with E-state index in [1.54, 1.807) is 0 Å². The molecular weight excluding hydrogens is 332 g/mol. The van der Waals surface area contributed by atoms with Crippen LogP contribution >= 0.6 is 0 Å². The summed E-state index contributed by atoms with van der Waals surface area (Å²) in [6.07, 6.45) is 13.5. The van der Waals surface area contributed by atoms with Crippen molar-refractivity contribution >= 4 is 11.9 Å². The van der Waals surface area contributed by atoms with E-state index in [2.05, 4.69) is 13.8 Å². The molecule has 5 heteroatoms. The van der Waals surface area contributed by atoms with Crippen molar-refractivity contribution in [2.45, 2.75) is 110 Å². The van der Waals surface area contributed by atoms with Gasteiger partial charge in [-0.2, -0.15) is 0 Å². The van der Waals surface area contributed by atoms with Crippen molar-refractivity contribution in [2.24, 2.45) is 0 Å². The van der Waals surface area contributed by atoms with E-state index < -0.39 is 6.10 Å². The number of rotatable bonds is 18. The quantitative estimate of drug-likeness (QED) is 0.273. The summed E-state index contributed by atoms with van der Waals surface area (Å²) >= 11 is 0. The summed E-state index contributed by atoms with van der Waals surface area (Å²) in [7, 11) is 0. The Labute approximate surface area is 159 Å². The van der Waals surface area contributed by atoms with E-state index in [9.17, 15) is 14.7 Å². The molecule has 0 spiro atoms. The van der Waals surface area contributed by atoms with Gasteiger partial charge in [0.05, 0.1) is 6.61 Å². The first kappa shape index (κ1) is 24.9. The lowest BCUT2D eigenvalue weighted by Crippen LogP contribution is -2.28. The molecule has 0 saturated heterocycles. The zero-order valence-electron chi connectivity index (χ0n) is 17.0. The molecule has 26 heavy (non-hydrogen) atoms. The molecule has 0 amide bonds. The number of hydrogen-bond donors (Lipinski definition) is 1. The van der Waals surface area contributed by atoms with Crippen LogP contribution in [-0.2, 0) is 19.1 Å². The Bertz CT molecular complexity index is 343. The topological polar surface area (TPSA) is 72.8 Å². The minimum atomic E-state index is -0.754. The highest BCUT2D eigenvalue weighted by molar-refractivity contribution is 5.70. The third-order valence-electron chi connectivity index (χ3n) is 4.40. The molecule has 1 unspecified atom stereocenters. The molecule has 5 nitrogen and oxygen atoms in total. The number of unbranched alkanes of at least 4 members (excludes halogenated alkanes) is 10. The zero-order chi connectivity index (χ0) is 19.5. The van der Waals surface area contributed by atoms with Gasteiger partial charge in [-0.15, -0.1) is 0 Å². The van der Waals surface area contributed by atoms with Crippen LogP contribution in [0.3, 0.4) is 0 Å². The van der Waals surface area contributed by atoms with Crippen molar-refractivity contribution < 1.29 is 24.2 Å². The largest absolute Gasteiger partial charge is 0.462 e. The third kappa shape index (κ3) is 16.4. The molecule has 1 N–H and O–H groups in total. The lowest BCUT2D eigenvalue weighted by molar-refractivity contribution is -0.161. The molecule has 0 fully saturated rings. The second-order valence-electron chi connectivity index (χ2n) is 7.01. The maximum atomic E-state index is 11.8. The maximum absolute atomic E-state index is 11.8. The van der Waals surface area contributed by atoms with Gasteiger partial charge in [-0.25, -0.2) is 0 Å². The van der Waals surface area contributed by atoms with E-state index in [4.69, 9.17) is 9.47 Å². The van der Waals surface area contributed by atoms with Gasteiger partial charge in [-0.05, 0) is 12.8 Å². The van der Waals surface area contributed by atoms with Gasteiger partial charge in [0.1, 0.15) is 6.61 Å². The SMILES string of the molecule is CCCCCCCCCCCC(=O)OC(CO)COC(=O)CCCCC. The maximum Gasteiger partial charge on any atom is 0.306 e. The van der Waals surface area contributed by atoms with Gasteiger partial charge in [0.15, 0.2) is 6.10 Å². The predicted octanol–water partition coefficient (Wildman–Crippen LogP) is 4.93. The van der Waals surface area contributed by atoms with Crippen LogP contribution in [0.1, 0.15) is 104 Å². The van der Waals surface area contributed by atoms with E-state index in [-0.39, 0.29) is 25.2 Å². The summed E-state index contributed by atoms with van der Waals surface area (Å²) in [5.41, 5.74) is 0. The van der Waals surface area contributed by atoms with Crippen LogP contribution in [0, 0.1) is 0 Å². The normalized spacial score (nSPS) is 12.0. The van der Waals surface area contributed by atoms with Crippen LogP contribution in [0.4, 0.5) is 0 Å². The molecule has 0 aliphatic carbocycles. The first-order chi connectivity index (χ1) is 12.6. The number of esters is 2. The van der Waals surface area contributed by atoms with Gasteiger partial charge >= 0.3 is 11.9 Å². The van der Waals surface area contributed by atoms with Crippen molar-refractivity contribution in [1.29, 1.82) is 0 Å². The van der Waals surface area contributed by atoms with Crippen LogP contribution in [0.15, 0.2) is 0 Å². The molecule has 0 aromatic carbocycles. The molecule has 0 aromatic heterocycles. The van der Waals surface area contributed by atoms with Crippen LogP contribution in [0.5, 0.6) is 0 Å². The summed E-state index contributed by atoms with van der Waals surface area (Å²) in [6.45, 7) is 3.90. The second-order valence-corrected chi connectivity index (χ2v) is 7.01. The number of hydrogen-bond acceptors (Lipinski definition) is 5. The van der Waals surface area contributed by atoms with Crippen LogP contribution in [0.25, 0.3) is 0 Å². The lowest BCUT2D eigenvalue weighted by Gasteiger charge is -2.15. The molecule has 0 heterocycles. The van der Waals surface area contributed by atoms with E-state index >= 15 is 0 Å². The van der Waals surface area contributed by atoms with Crippen molar-refractivity contribution in [3.05, 3.63) is 0 Å². The molecule has 0 rings (SSSR count). The van der Waals surface area contributed by atoms with Crippen molar-refractivity contribution in [1.82, 2.24) is 0 Å². The molecular formula is C21H40O5. The molecule has 1 atom stereocenters. The number of aliphatic hydroxyl groups excluding tert-OH is 1. The summed E-state index contributed by atoms with van der Waals surface area (Å²) in [5.74, 6) is -0.624. The Balaban J connectivity index is 3.64. The van der Waals surface area contributed by atoms with Crippen LogP contribution in [-0.4, -0.2) is 36.4 Å². The lowest BCUT2D eigenvalue weighted by atomic mass is 10.1. The van der Waals surface area contributed by atoms with Crippen molar-refractivity contribution in [2.75, 3.05) is 13.2 Å². The van der Waals surface area contributed by atoms with E-state index in [0.717, 1.165) is 38.5 Å². The molecule has 0 bridgehead atoms. The average molecular weight is 373 g/mol. The number of ether oxygens (including phenoxy) is 2. The molecule has 0 radical (unpaired) electrons. The fraction of sp³-hybridized carbons (Fsp3) is 0.905. The monoisotopic (exact) mass is 372 g/mol. The van der Waals surface area contributed by atoms with Crippen molar-refractivity contribution in [3.63, 3.8) is 0 Å². The molecule has 0 aromatic rings. The van der Waals surface area contributed by atoms with Gasteiger partial charge in [-0.3, -0.25) is 9.59 Å². The summed E-state index contributed by atoms with van der Waals surface area (Å²) < 4.78 is 10.2. The first-order valence-electron chi connectivity index (χ1n) is 10.6. The standard InChI is InChI=1S/C21H40O5/c1-3-5-7-8-9-10-11-12-14-16-21(24)26-19(17-22)18-25-20(23)15-13-6-4-2/h19,22H,3-18H2,1-2H3. The van der Waals surface area contributed by atoms with Gasteiger partial charge in [0, 0.05) is 12.8 Å². The Hall–Kier alpha value is -1.10. The highest BCUT2D eigenvalue weighted by Gasteiger charge is 2.15. The minimum Gasteiger partial charge on any atom is -0.462 e. The highest BCUT2D eigenvalue weighted by atomic mass is 16.6. The minimum absolute atomic E-state index is 0.0645. The Morgan fingerprint density at radius 1 is 0.731 bits per heavy atom. The molecule has 0 aliphatic heterocycles. The number of aliphatic hydroxyl groups is 1. The summed E-state index contributed by atoms with van der Waals surface area (Å²) in [6, 6.07) is 0. The highest BCUT2D eigenvalue weighted by Crippen LogP contribution is 2.11. The van der Waals surface area contributed by atoms with Gasteiger partial charge in [0.25, 0.3) is 0 Å². The van der Waals surface area contributed by atoms with Gasteiger partial charge < -0.3 is 14.6 Å². The molecule has 0 saturated carbocycles. The van der Waals surface area contributed by atoms with Crippen LogP contribution < -0.4 is 0 Å². The van der Waals surface area contributed by atoms with Crippen LogP contribution in [0.2, 0.25) is 0 Å². The Morgan fingerprint density at radius 2 is 1.19 bits per heavy atom. The fourth-order valence-electron chi connectivity index (χ4n) is 2.73. The predicted molar refractivity (Wildman–Crippen MR) is 104 cm³/mol. The number of carbonyl (C=O) groups is 2. The summed E-state index contributed by atoms with van der Waals surface area (Å²) in [5, 5.41) is 9.26. The van der Waals surface area contributed by atoms with E-state index in [0.29, 0.717) is 12.8 Å². The Kier molecular flexibility index (Phi) is 17.9. The zero-order valence-corrected chi connectivity index (χ0v) is 17.0.